The third-order valence-electron chi connectivity index (χ3n) is 7.20. The molecule has 1 atom stereocenters. The normalized spacial score (nSPS) is 17.2. The number of amides is 2. The van der Waals surface area contributed by atoms with Gasteiger partial charge >= 0.3 is 6.01 Å². The molecule has 1 N–H and O–H groups in total. The van der Waals surface area contributed by atoms with Crippen LogP contribution in [-0.2, 0) is 10.3 Å². The Morgan fingerprint density at radius 3 is 2.60 bits per heavy atom. The van der Waals surface area contributed by atoms with Crippen LogP contribution >= 0.6 is 23.2 Å². The first-order valence-corrected chi connectivity index (χ1v) is 13.7. The van der Waals surface area contributed by atoms with Crippen LogP contribution in [0, 0.1) is 6.92 Å². The van der Waals surface area contributed by atoms with Gasteiger partial charge in [0.15, 0.2) is 11.2 Å². The lowest BCUT2D eigenvalue weighted by atomic mass is 9.87. The molecule has 11 nitrogen and oxygen atoms in total. The fourth-order valence-electron chi connectivity index (χ4n) is 5.58. The number of rotatable bonds is 7. The monoisotopic (exact) mass is 611 g/mol. The number of imidazole rings is 1. The summed E-state index contributed by atoms with van der Waals surface area (Å²) in [7, 11) is 1.41. The Labute approximate surface area is 249 Å². The Morgan fingerprint density at radius 1 is 1.10 bits per heavy atom. The van der Waals surface area contributed by atoms with Gasteiger partial charge in [-0.15, -0.1) is 0 Å². The predicted octanol–water partition coefficient (Wildman–Crippen LogP) is 5.14. The minimum Gasteiger partial charge on any atom is -0.480 e. The van der Waals surface area contributed by atoms with Crippen molar-refractivity contribution in [1.82, 2.24) is 24.5 Å². The number of benzene rings is 1. The summed E-state index contributed by atoms with van der Waals surface area (Å²) in [5.74, 6) is -0.607. The van der Waals surface area contributed by atoms with Crippen molar-refractivity contribution in [3.05, 3.63) is 69.3 Å². The van der Waals surface area contributed by atoms with Crippen molar-refractivity contribution >= 4 is 46.4 Å². The van der Waals surface area contributed by atoms with E-state index in [0.717, 1.165) is 0 Å². The third kappa shape index (κ3) is 3.92. The van der Waals surface area contributed by atoms with Crippen molar-refractivity contribution in [3.8, 4) is 23.3 Å². The number of halogens is 3. The van der Waals surface area contributed by atoms with Crippen LogP contribution in [0.5, 0.6) is 11.9 Å². The molecule has 2 amide bonds. The number of aryl methyl sites for hydroxylation is 1. The van der Waals surface area contributed by atoms with Crippen molar-refractivity contribution in [2.45, 2.75) is 32.4 Å². The zero-order valence-electron chi connectivity index (χ0n) is 22.9. The smallest absolute Gasteiger partial charge is 0.319 e. The van der Waals surface area contributed by atoms with Gasteiger partial charge in [0.05, 0.1) is 34.8 Å². The van der Waals surface area contributed by atoms with E-state index in [0.29, 0.717) is 49.8 Å². The number of aromatic nitrogens is 5. The summed E-state index contributed by atoms with van der Waals surface area (Å²) >= 11 is 12.6. The number of nitrogens with zero attached hydrogens (tertiary/aromatic N) is 6. The first kappa shape index (κ1) is 27.9. The number of alkyl halides is 1. The summed E-state index contributed by atoms with van der Waals surface area (Å²) in [6, 6.07) is 6.23. The Hall–Kier alpha value is -4.29. The summed E-state index contributed by atoms with van der Waals surface area (Å²) in [6.45, 7) is 4.60. The second kappa shape index (κ2) is 10.2. The van der Waals surface area contributed by atoms with Gasteiger partial charge in [-0.2, -0.15) is 4.98 Å². The Morgan fingerprint density at radius 2 is 1.88 bits per heavy atom. The molecule has 0 aliphatic carbocycles. The Bertz CT molecular complexity index is 1780. The van der Waals surface area contributed by atoms with Gasteiger partial charge in [0.1, 0.15) is 19.1 Å². The molecule has 2 aliphatic rings. The first-order valence-electron chi connectivity index (χ1n) is 12.9. The van der Waals surface area contributed by atoms with Gasteiger partial charge in [0.2, 0.25) is 5.88 Å². The van der Waals surface area contributed by atoms with Gasteiger partial charge in [0.25, 0.3) is 11.8 Å². The first-order chi connectivity index (χ1) is 20.1. The highest BCUT2D eigenvalue weighted by Gasteiger charge is 2.64. The molecule has 0 radical (unpaired) electrons. The third-order valence-corrected chi connectivity index (χ3v) is 7.64. The van der Waals surface area contributed by atoms with Crippen LogP contribution in [0.25, 0.3) is 11.4 Å². The molecule has 0 saturated heterocycles. The standard InChI is InChI=1S/C28H24Cl2FN7O4/c1-13(2)37-22-21(35-23(37)17-12-33-27(42-8-7-31)36-24(17)41-4)25(39)38(20-10-16(30)11-32-14(20)3)28(22)18-6-5-15(29)9-19(18)34-26(28)40/h5-6,9-13H,7-8H2,1-4H3,(H,34,40)/t28-/m0/s1. The summed E-state index contributed by atoms with van der Waals surface area (Å²) in [6.07, 6.45) is 2.90. The van der Waals surface area contributed by atoms with E-state index in [1.807, 2.05) is 13.8 Å². The van der Waals surface area contributed by atoms with Crippen LogP contribution in [0.1, 0.15) is 47.3 Å². The van der Waals surface area contributed by atoms with Crippen LogP contribution < -0.4 is 19.7 Å². The zero-order chi connectivity index (χ0) is 29.9. The van der Waals surface area contributed by atoms with Gasteiger partial charge < -0.3 is 19.4 Å². The highest BCUT2D eigenvalue weighted by atomic mass is 35.5. The summed E-state index contributed by atoms with van der Waals surface area (Å²) < 4.78 is 25.2. The van der Waals surface area contributed by atoms with E-state index in [-0.39, 0.29) is 30.2 Å². The average molecular weight is 612 g/mol. The number of carbonyl (C=O) groups excluding carboxylic acids is 2. The molecular weight excluding hydrogens is 588 g/mol. The SMILES string of the molecule is COc1nc(OCCF)ncc1-c1nc2c(n1C(C)C)[C@@]1(C(=O)Nc3cc(Cl)ccc31)N(c1cc(Cl)cnc1C)C2=O. The average Bonchev–Trinajstić information content (AvgIpc) is 3.57. The lowest BCUT2D eigenvalue weighted by Gasteiger charge is -2.36. The molecule has 0 bridgehead atoms. The number of pyridine rings is 1. The maximum atomic E-state index is 14.4. The van der Waals surface area contributed by atoms with Gasteiger partial charge in [-0.05, 0) is 39.0 Å². The van der Waals surface area contributed by atoms with E-state index in [1.54, 1.807) is 35.8 Å². The molecule has 14 heteroatoms. The van der Waals surface area contributed by atoms with Gasteiger partial charge in [-0.3, -0.25) is 19.5 Å². The van der Waals surface area contributed by atoms with Crippen LogP contribution in [0.4, 0.5) is 15.8 Å². The maximum Gasteiger partial charge on any atom is 0.319 e. The molecule has 4 aromatic rings. The second-order valence-electron chi connectivity index (χ2n) is 9.96. The second-order valence-corrected chi connectivity index (χ2v) is 10.8. The van der Waals surface area contributed by atoms with Crippen LogP contribution in [0.15, 0.2) is 36.7 Å². The lowest BCUT2D eigenvalue weighted by molar-refractivity contribution is -0.119. The van der Waals surface area contributed by atoms with Crippen molar-refractivity contribution in [1.29, 1.82) is 0 Å². The van der Waals surface area contributed by atoms with Crippen LogP contribution in [-0.4, -0.2) is 56.7 Å². The molecule has 0 saturated carbocycles. The highest BCUT2D eigenvalue weighted by Crippen LogP contribution is 2.55. The van der Waals surface area contributed by atoms with E-state index in [1.165, 1.54) is 24.4 Å². The molecule has 2 aliphatic heterocycles. The fourth-order valence-corrected chi connectivity index (χ4v) is 5.91. The Kier molecular flexibility index (Phi) is 6.77. The van der Waals surface area contributed by atoms with E-state index < -0.39 is 24.0 Å². The summed E-state index contributed by atoms with van der Waals surface area (Å²) in [5, 5.41) is 3.63. The Balaban J connectivity index is 1.67. The number of anilines is 2. The number of ether oxygens (including phenoxy) is 2. The number of methoxy groups -OCH3 is 1. The molecule has 1 aromatic carbocycles. The summed E-state index contributed by atoms with van der Waals surface area (Å²) in [5.41, 5.74) is 0.869. The van der Waals surface area contributed by atoms with Crippen LogP contribution in [0.2, 0.25) is 10.0 Å². The fraction of sp³-hybridized carbons (Fsp3) is 0.286. The zero-order valence-corrected chi connectivity index (χ0v) is 24.4. The topological polar surface area (TPSA) is 124 Å². The molecule has 6 rings (SSSR count). The molecule has 216 valence electrons. The van der Waals surface area contributed by atoms with Crippen molar-refractivity contribution in [3.63, 3.8) is 0 Å². The maximum absolute atomic E-state index is 14.4. The largest absolute Gasteiger partial charge is 0.480 e. The van der Waals surface area contributed by atoms with E-state index in [4.69, 9.17) is 37.7 Å². The predicted molar refractivity (Wildman–Crippen MR) is 153 cm³/mol. The minimum atomic E-state index is -1.68. The molecule has 5 heterocycles. The quantitative estimate of drug-likeness (QED) is 0.304. The number of hydrogen-bond acceptors (Lipinski definition) is 8. The van der Waals surface area contributed by atoms with Gasteiger partial charge in [-0.25, -0.2) is 14.4 Å². The molecular formula is C28H24Cl2FN7O4. The van der Waals surface area contributed by atoms with Gasteiger partial charge in [0, 0.05) is 34.7 Å². The van der Waals surface area contributed by atoms with Crippen molar-refractivity contribution < 1.29 is 23.5 Å². The summed E-state index contributed by atoms with van der Waals surface area (Å²) in [4.78, 5) is 47.7. The van der Waals surface area contributed by atoms with E-state index >= 15 is 0 Å². The van der Waals surface area contributed by atoms with E-state index in [2.05, 4.69) is 20.3 Å². The number of nitrogens with one attached hydrogen (secondary N) is 1. The van der Waals surface area contributed by atoms with E-state index in [9.17, 15) is 14.0 Å². The highest BCUT2D eigenvalue weighted by molar-refractivity contribution is 6.32. The molecule has 42 heavy (non-hydrogen) atoms. The van der Waals surface area contributed by atoms with Crippen LogP contribution in [0.3, 0.4) is 0 Å². The molecule has 0 fully saturated rings. The van der Waals surface area contributed by atoms with Crippen molar-refractivity contribution in [2.75, 3.05) is 30.6 Å². The molecule has 0 unspecified atom stereocenters. The van der Waals surface area contributed by atoms with Gasteiger partial charge in [-0.1, -0.05) is 29.3 Å². The lowest BCUT2D eigenvalue weighted by Crippen LogP contribution is -2.51. The minimum absolute atomic E-state index is 0.0517. The van der Waals surface area contributed by atoms with Crippen molar-refractivity contribution in [2.24, 2.45) is 0 Å². The number of carbonyl (C=O) groups is 2. The number of fused-ring (bicyclic) bond motifs is 4. The number of hydrogen-bond donors (Lipinski definition) is 1. The molecule has 3 aromatic heterocycles. The molecule has 1 spiro atoms.